The molecule has 0 unspecified atom stereocenters. The number of fused-ring (bicyclic) bond motifs is 3. The van der Waals surface area contributed by atoms with E-state index in [1.165, 1.54) is 33.3 Å². The molecule has 46 heavy (non-hydrogen) atoms. The number of aryl methyl sites for hydroxylation is 2. The molecule has 0 fully saturated rings. The number of benzene rings is 4. The first-order chi connectivity index (χ1) is 22.1. The number of para-hydroxylation sites is 1. The molecule has 7 aromatic rings. The predicted octanol–water partition coefficient (Wildman–Crippen LogP) is 9.80. The Balaban J connectivity index is 1.24. The Morgan fingerprint density at radius 2 is 1.48 bits per heavy atom. The van der Waals surface area contributed by atoms with Gasteiger partial charge in [0.1, 0.15) is 17.3 Å². The van der Waals surface area contributed by atoms with Crippen LogP contribution in [0, 0.1) is 13.8 Å². The lowest BCUT2D eigenvalue weighted by Gasteiger charge is -2.20. The highest BCUT2D eigenvalue weighted by Crippen LogP contribution is 2.36. The van der Waals surface area contributed by atoms with Crippen molar-refractivity contribution in [1.82, 2.24) is 19.3 Å². The number of hydrogen-bond acceptors (Lipinski definition) is 4. The monoisotopic (exact) mass is 605 g/mol. The number of anilines is 1. The fraction of sp³-hybridized carbons (Fsp3) is 0.200. The van der Waals surface area contributed by atoms with Crippen LogP contribution in [-0.2, 0) is 5.41 Å². The third-order valence-electron chi connectivity index (χ3n) is 8.71. The van der Waals surface area contributed by atoms with E-state index in [1.54, 1.807) is 0 Å². The molecule has 3 aromatic heterocycles. The summed E-state index contributed by atoms with van der Waals surface area (Å²) in [4.78, 5) is 6.95. The molecule has 0 atom stereocenters. The van der Waals surface area contributed by atoms with Gasteiger partial charge in [0.25, 0.3) is 0 Å². The first-order valence-corrected chi connectivity index (χ1v) is 15.7. The minimum Gasteiger partial charge on any atom is -0.457 e. The largest absolute Gasteiger partial charge is 0.457 e. The molecule has 230 valence electrons. The van der Waals surface area contributed by atoms with E-state index < -0.39 is 0 Å². The van der Waals surface area contributed by atoms with Gasteiger partial charge in [-0.1, -0.05) is 45.0 Å². The number of pyridine rings is 1. The van der Waals surface area contributed by atoms with Crippen molar-refractivity contribution in [3.63, 3.8) is 0 Å². The highest BCUT2D eigenvalue weighted by molar-refractivity contribution is 6.09. The zero-order valence-corrected chi connectivity index (χ0v) is 27.5. The summed E-state index contributed by atoms with van der Waals surface area (Å²) >= 11 is 0. The number of ether oxygens (including phenoxy) is 1. The molecule has 0 amide bonds. The second kappa shape index (κ2) is 11.2. The van der Waals surface area contributed by atoms with Crippen molar-refractivity contribution >= 4 is 27.5 Å². The van der Waals surface area contributed by atoms with Gasteiger partial charge in [-0.2, -0.15) is 5.10 Å². The van der Waals surface area contributed by atoms with Crippen LogP contribution < -0.4 is 9.64 Å². The summed E-state index contributed by atoms with van der Waals surface area (Å²) in [6.07, 6.45) is 5.94. The minimum absolute atomic E-state index is 0.0133. The Hall–Kier alpha value is -5.36. The highest BCUT2D eigenvalue weighted by Gasteiger charge is 2.18. The molecule has 0 aliphatic rings. The molecule has 6 heteroatoms. The van der Waals surface area contributed by atoms with Crippen LogP contribution in [0.25, 0.3) is 44.4 Å². The molecule has 4 aromatic carbocycles. The molecule has 6 nitrogen and oxygen atoms in total. The van der Waals surface area contributed by atoms with E-state index in [9.17, 15) is 0 Å². The number of hydrogen-bond donors (Lipinski definition) is 0. The standard InChI is InChI=1S/C40H39N5O/c1-26-19-31(43(6)7)20-27(2)39(26)28-24-42-44(25-28)30-11-10-12-32(22-30)46-33-15-16-35-34-13-8-9-14-36(34)45(37(35)23-33)38-21-29(17-18-41-38)40(3,4)5/h8-25H,1-7H3. The lowest BCUT2D eigenvalue weighted by atomic mass is 9.88. The molecule has 0 saturated heterocycles. The van der Waals surface area contributed by atoms with Crippen molar-refractivity contribution in [3.05, 3.63) is 126 Å². The van der Waals surface area contributed by atoms with Crippen LogP contribution >= 0.6 is 0 Å². The van der Waals surface area contributed by atoms with Crippen molar-refractivity contribution in [2.45, 2.75) is 40.0 Å². The maximum Gasteiger partial charge on any atom is 0.137 e. The zero-order valence-electron chi connectivity index (χ0n) is 27.5. The van der Waals surface area contributed by atoms with Gasteiger partial charge in [0.2, 0.25) is 0 Å². The molecule has 7 rings (SSSR count). The van der Waals surface area contributed by atoms with Gasteiger partial charge in [0.05, 0.1) is 22.9 Å². The molecule has 0 radical (unpaired) electrons. The fourth-order valence-corrected chi connectivity index (χ4v) is 6.34. The maximum atomic E-state index is 6.50. The number of rotatable bonds is 6. The maximum absolute atomic E-state index is 6.50. The van der Waals surface area contributed by atoms with Crippen LogP contribution in [0.1, 0.15) is 37.5 Å². The zero-order chi connectivity index (χ0) is 32.2. The van der Waals surface area contributed by atoms with Crippen molar-refractivity contribution < 1.29 is 4.74 Å². The third-order valence-corrected chi connectivity index (χ3v) is 8.71. The highest BCUT2D eigenvalue weighted by atomic mass is 16.5. The molecule has 0 aliphatic heterocycles. The van der Waals surface area contributed by atoms with Gasteiger partial charge in [0, 0.05) is 60.6 Å². The average molecular weight is 606 g/mol. The van der Waals surface area contributed by atoms with E-state index in [2.05, 4.69) is 125 Å². The lowest BCUT2D eigenvalue weighted by Crippen LogP contribution is -2.12. The van der Waals surface area contributed by atoms with Crippen molar-refractivity contribution in [1.29, 1.82) is 0 Å². The molecular formula is C40H39N5O. The van der Waals surface area contributed by atoms with Crippen LogP contribution in [0.2, 0.25) is 0 Å². The van der Waals surface area contributed by atoms with Gasteiger partial charge in [-0.3, -0.25) is 4.57 Å². The normalized spacial score (nSPS) is 11.8. The topological polar surface area (TPSA) is 48.1 Å². The number of nitrogens with zero attached hydrogens (tertiary/aromatic N) is 5. The summed E-state index contributed by atoms with van der Waals surface area (Å²) in [6, 6.07) is 31.6. The van der Waals surface area contributed by atoms with Crippen molar-refractivity contribution in [2.75, 3.05) is 19.0 Å². The van der Waals surface area contributed by atoms with Crippen molar-refractivity contribution in [2.24, 2.45) is 0 Å². The number of aromatic nitrogens is 4. The SMILES string of the molecule is Cc1cc(N(C)C)cc(C)c1-c1cnn(-c2cccc(Oc3ccc4c5ccccc5n(-c5cc(C(C)(C)C)ccn5)c4c3)c2)c1. The van der Waals surface area contributed by atoms with E-state index in [0.29, 0.717) is 0 Å². The molecule has 0 saturated carbocycles. The quantitative estimate of drug-likeness (QED) is 0.189. The van der Waals surface area contributed by atoms with Gasteiger partial charge in [-0.25, -0.2) is 9.67 Å². The average Bonchev–Trinajstić information content (AvgIpc) is 3.63. The van der Waals surface area contributed by atoms with E-state index >= 15 is 0 Å². The summed E-state index contributed by atoms with van der Waals surface area (Å²) < 4.78 is 10.7. The van der Waals surface area contributed by atoms with Crippen LogP contribution in [0.5, 0.6) is 11.5 Å². The van der Waals surface area contributed by atoms with Crippen LogP contribution in [0.15, 0.2) is 110 Å². The van der Waals surface area contributed by atoms with Crippen LogP contribution in [0.3, 0.4) is 0 Å². The van der Waals surface area contributed by atoms with Gasteiger partial charge in [-0.15, -0.1) is 0 Å². The van der Waals surface area contributed by atoms with E-state index in [-0.39, 0.29) is 5.41 Å². The Morgan fingerprint density at radius 1 is 0.739 bits per heavy atom. The van der Waals surface area contributed by atoms with Crippen LogP contribution in [-0.4, -0.2) is 33.4 Å². The van der Waals surface area contributed by atoms with Crippen LogP contribution in [0.4, 0.5) is 5.69 Å². The predicted molar refractivity (Wildman–Crippen MR) is 190 cm³/mol. The molecule has 0 aliphatic carbocycles. The summed E-state index contributed by atoms with van der Waals surface area (Å²) in [5.41, 5.74) is 10.3. The van der Waals surface area contributed by atoms with E-state index in [1.807, 2.05) is 47.4 Å². The Kier molecular flexibility index (Phi) is 7.16. The molecular weight excluding hydrogens is 566 g/mol. The second-order valence-corrected chi connectivity index (χ2v) is 13.3. The second-order valence-electron chi connectivity index (χ2n) is 13.3. The first kappa shape index (κ1) is 29.4. The minimum atomic E-state index is 0.0133. The molecule has 0 bridgehead atoms. The first-order valence-electron chi connectivity index (χ1n) is 15.7. The molecule has 0 N–H and O–H groups in total. The third kappa shape index (κ3) is 5.30. The Morgan fingerprint density at radius 3 is 2.24 bits per heavy atom. The van der Waals surface area contributed by atoms with Gasteiger partial charge in [-0.05, 0) is 96.1 Å². The summed E-state index contributed by atoms with van der Waals surface area (Å²) in [7, 11) is 4.14. The Labute approximate surface area is 270 Å². The summed E-state index contributed by atoms with van der Waals surface area (Å²) in [5.74, 6) is 2.40. The van der Waals surface area contributed by atoms with Gasteiger partial charge >= 0.3 is 0 Å². The molecule has 3 heterocycles. The lowest BCUT2D eigenvalue weighted by molar-refractivity contribution is 0.483. The van der Waals surface area contributed by atoms with Gasteiger partial charge in [0.15, 0.2) is 0 Å². The summed E-state index contributed by atoms with van der Waals surface area (Å²) in [6.45, 7) is 11.0. The Bertz CT molecular complexity index is 2210. The van der Waals surface area contributed by atoms with E-state index in [0.717, 1.165) is 45.0 Å². The fourth-order valence-electron chi connectivity index (χ4n) is 6.34. The smallest absolute Gasteiger partial charge is 0.137 e. The van der Waals surface area contributed by atoms with Gasteiger partial charge < -0.3 is 9.64 Å². The molecule has 0 spiro atoms. The van der Waals surface area contributed by atoms with Crippen molar-refractivity contribution in [3.8, 4) is 34.1 Å². The summed E-state index contributed by atoms with van der Waals surface area (Å²) in [5, 5.41) is 7.07. The van der Waals surface area contributed by atoms with E-state index in [4.69, 9.17) is 14.8 Å².